The van der Waals surface area contributed by atoms with Crippen molar-refractivity contribution in [2.24, 2.45) is 5.41 Å². The van der Waals surface area contributed by atoms with Gasteiger partial charge < -0.3 is 20.7 Å². The minimum atomic E-state index is -1.09. The van der Waals surface area contributed by atoms with Crippen LogP contribution in [-0.4, -0.2) is 72.5 Å². The Labute approximate surface area is 271 Å². The number of alkyl halides is 1. The van der Waals surface area contributed by atoms with Gasteiger partial charge in [0.15, 0.2) is 5.82 Å². The van der Waals surface area contributed by atoms with Crippen molar-refractivity contribution in [1.29, 1.82) is 5.26 Å². The number of ether oxygens (including phenoxy) is 1. The number of nitriles is 1. The van der Waals surface area contributed by atoms with Gasteiger partial charge in [-0.05, 0) is 38.2 Å². The third-order valence-electron chi connectivity index (χ3n) is 9.85. The molecule has 4 aromatic rings. The third-order valence-corrected chi connectivity index (χ3v) is 11.2. The van der Waals surface area contributed by atoms with Crippen molar-refractivity contribution in [3.63, 3.8) is 0 Å². The molecule has 3 aliphatic heterocycles. The number of nitrogens with zero attached hydrogens (tertiary/aromatic N) is 5. The molecular weight excluding hydrogens is 642 g/mol. The molecule has 240 valence electrons. The summed E-state index contributed by atoms with van der Waals surface area (Å²) in [6, 6.07) is 4.51. The average Bonchev–Trinajstić information content (AvgIpc) is 3.32. The van der Waals surface area contributed by atoms with Crippen molar-refractivity contribution in [1.82, 2.24) is 20.2 Å². The van der Waals surface area contributed by atoms with Crippen molar-refractivity contribution in [3.05, 3.63) is 40.2 Å². The van der Waals surface area contributed by atoms with Gasteiger partial charge in [-0.2, -0.15) is 15.2 Å². The number of hydrogen-bond donors (Lipinski definition) is 2. The summed E-state index contributed by atoms with van der Waals surface area (Å²) in [4.78, 5) is 13.5. The van der Waals surface area contributed by atoms with Gasteiger partial charge in [0, 0.05) is 78.2 Å². The first-order valence-corrected chi connectivity index (χ1v) is 16.6. The Kier molecular flexibility index (Phi) is 7.21. The van der Waals surface area contributed by atoms with Gasteiger partial charge in [-0.1, -0.05) is 11.6 Å². The molecule has 8 nitrogen and oxygen atoms in total. The zero-order chi connectivity index (χ0) is 31.9. The number of benzene rings is 2. The molecular formula is C32H30ClF4N7OS. The molecule has 4 fully saturated rings. The summed E-state index contributed by atoms with van der Waals surface area (Å²) in [5, 5.41) is 13.4. The smallest absolute Gasteiger partial charge is 0.319 e. The molecule has 4 aliphatic rings. The molecule has 3 saturated heterocycles. The van der Waals surface area contributed by atoms with E-state index in [0.717, 1.165) is 37.0 Å². The second-order valence-electron chi connectivity index (χ2n) is 13.1. The fourth-order valence-corrected chi connectivity index (χ4v) is 8.61. The van der Waals surface area contributed by atoms with Gasteiger partial charge in [-0.15, -0.1) is 11.3 Å². The Morgan fingerprint density at radius 1 is 1.09 bits per heavy atom. The molecule has 5 heterocycles. The van der Waals surface area contributed by atoms with Gasteiger partial charge in [0.2, 0.25) is 0 Å². The van der Waals surface area contributed by atoms with E-state index < -0.39 is 23.6 Å². The van der Waals surface area contributed by atoms with Gasteiger partial charge in [0.05, 0.1) is 21.9 Å². The van der Waals surface area contributed by atoms with Gasteiger partial charge in [0.25, 0.3) is 0 Å². The van der Waals surface area contributed by atoms with Crippen LogP contribution < -0.4 is 20.7 Å². The molecule has 2 aromatic heterocycles. The average molecular weight is 672 g/mol. The van der Waals surface area contributed by atoms with E-state index in [1.807, 2.05) is 6.07 Å². The maximum atomic E-state index is 16.9. The first-order chi connectivity index (χ1) is 22.1. The third kappa shape index (κ3) is 5.01. The summed E-state index contributed by atoms with van der Waals surface area (Å²) < 4.78 is 67.3. The zero-order valence-electron chi connectivity index (χ0n) is 24.7. The molecule has 1 aliphatic carbocycles. The van der Waals surface area contributed by atoms with E-state index in [0.29, 0.717) is 56.4 Å². The summed E-state index contributed by atoms with van der Waals surface area (Å²) >= 11 is 7.52. The van der Waals surface area contributed by atoms with Gasteiger partial charge in [0.1, 0.15) is 40.2 Å². The molecule has 0 radical (unpaired) electrons. The van der Waals surface area contributed by atoms with Crippen LogP contribution in [-0.2, 0) is 0 Å². The number of rotatable bonds is 7. The SMILES string of the molecule is N#Cc1c(N)sc2c(F)cc(F)c(-c3c(Cl)cc4c(N5CC6CCC(C5)N6)nc(OCC5(CN6CC[C@@H](F)C6)CC5)nc4c3F)c12. The zero-order valence-corrected chi connectivity index (χ0v) is 26.3. The maximum absolute atomic E-state index is 16.9. The lowest BCUT2D eigenvalue weighted by atomic mass is 9.96. The topological polar surface area (TPSA) is 103 Å². The van der Waals surface area contributed by atoms with Crippen LogP contribution in [0.1, 0.15) is 37.7 Å². The molecule has 1 saturated carbocycles. The molecule has 2 bridgehead atoms. The number of hydrogen-bond acceptors (Lipinski definition) is 9. The summed E-state index contributed by atoms with van der Waals surface area (Å²) in [7, 11) is 0. The monoisotopic (exact) mass is 671 g/mol. The fraction of sp³-hybridized carbons (Fsp3) is 0.469. The van der Waals surface area contributed by atoms with Crippen molar-refractivity contribution in [2.45, 2.75) is 50.4 Å². The van der Waals surface area contributed by atoms with E-state index in [1.54, 1.807) is 0 Å². The van der Waals surface area contributed by atoms with Crippen LogP contribution in [0.2, 0.25) is 5.02 Å². The lowest BCUT2D eigenvalue weighted by Gasteiger charge is -2.34. The molecule has 0 spiro atoms. The largest absolute Gasteiger partial charge is 0.463 e. The Morgan fingerprint density at radius 3 is 2.52 bits per heavy atom. The first kappa shape index (κ1) is 29.9. The summed E-state index contributed by atoms with van der Waals surface area (Å²) in [6.45, 7) is 3.38. The van der Waals surface area contributed by atoms with Crippen LogP contribution >= 0.6 is 22.9 Å². The highest BCUT2D eigenvalue weighted by atomic mass is 35.5. The van der Waals surface area contributed by atoms with Crippen LogP contribution in [0.3, 0.4) is 0 Å². The molecule has 14 heteroatoms. The summed E-state index contributed by atoms with van der Waals surface area (Å²) in [6.07, 6.45) is 3.57. The number of likely N-dealkylation sites (tertiary alicyclic amines) is 1. The molecule has 2 aromatic carbocycles. The second kappa shape index (κ2) is 11.1. The van der Waals surface area contributed by atoms with Crippen molar-refractivity contribution < 1.29 is 22.3 Å². The lowest BCUT2D eigenvalue weighted by Crippen LogP contribution is -2.51. The number of aromatic nitrogens is 2. The number of thiophene rings is 1. The number of anilines is 2. The van der Waals surface area contributed by atoms with E-state index in [2.05, 4.69) is 20.1 Å². The number of piperazine rings is 1. The quantitative estimate of drug-likeness (QED) is 0.225. The number of nitrogen functional groups attached to an aromatic ring is 1. The first-order valence-electron chi connectivity index (χ1n) is 15.4. The second-order valence-corrected chi connectivity index (χ2v) is 14.6. The highest BCUT2D eigenvalue weighted by molar-refractivity contribution is 7.23. The predicted molar refractivity (Wildman–Crippen MR) is 170 cm³/mol. The van der Waals surface area contributed by atoms with E-state index in [1.165, 1.54) is 6.07 Å². The summed E-state index contributed by atoms with van der Waals surface area (Å²) in [5.41, 5.74) is 4.84. The van der Waals surface area contributed by atoms with Crippen LogP contribution in [0.4, 0.5) is 28.4 Å². The van der Waals surface area contributed by atoms with Crippen molar-refractivity contribution in [3.8, 4) is 23.2 Å². The molecule has 2 unspecified atom stereocenters. The van der Waals surface area contributed by atoms with Crippen molar-refractivity contribution >= 4 is 54.7 Å². The Balaban J connectivity index is 1.25. The normalized spacial score (nSPS) is 23.8. The molecule has 8 rings (SSSR count). The van der Waals surface area contributed by atoms with E-state index in [4.69, 9.17) is 27.1 Å². The van der Waals surface area contributed by atoms with E-state index >= 15 is 8.78 Å². The Morgan fingerprint density at radius 2 is 1.85 bits per heavy atom. The Bertz CT molecular complexity index is 1930. The highest BCUT2D eigenvalue weighted by Crippen LogP contribution is 2.49. The highest BCUT2D eigenvalue weighted by Gasteiger charge is 2.46. The summed E-state index contributed by atoms with van der Waals surface area (Å²) in [5.74, 6) is -2.48. The number of halogens is 5. The van der Waals surface area contributed by atoms with E-state index in [9.17, 15) is 14.0 Å². The predicted octanol–water partition coefficient (Wildman–Crippen LogP) is 6.18. The van der Waals surface area contributed by atoms with Gasteiger partial charge >= 0.3 is 6.01 Å². The number of nitrogens with two attached hydrogens (primary N) is 1. The molecule has 0 amide bonds. The number of fused-ring (bicyclic) bond motifs is 4. The molecule has 46 heavy (non-hydrogen) atoms. The lowest BCUT2D eigenvalue weighted by molar-refractivity contribution is 0.165. The fourth-order valence-electron chi connectivity index (χ4n) is 7.39. The molecule has 3 atom stereocenters. The Hall–Kier alpha value is -3.44. The minimum absolute atomic E-state index is 0.0147. The van der Waals surface area contributed by atoms with Crippen LogP contribution in [0.5, 0.6) is 6.01 Å². The van der Waals surface area contributed by atoms with Crippen LogP contribution in [0.25, 0.3) is 32.1 Å². The van der Waals surface area contributed by atoms with E-state index in [-0.39, 0.29) is 72.4 Å². The number of nitrogens with one attached hydrogen (secondary N) is 1. The molecule has 3 N–H and O–H groups in total. The van der Waals surface area contributed by atoms with Crippen molar-refractivity contribution in [2.75, 3.05) is 50.0 Å². The maximum Gasteiger partial charge on any atom is 0.319 e. The minimum Gasteiger partial charge on any atom is -0.463 e. The standard InChI is InChI=1S/C32H30ClF4N7OS/c33-20-7-18-27(26(37)24(20)25-21(35)8-22(36)28-23(25)19(9-38)29(39)46-28)41-31(42-30(18)44-11-16-1-2-17(12-44)40-16)45-14-32(4-5-32)13-43-6-3-15(34)10-43/h7-8,15-17,40H,1-6,10-14,39H2/t15-,16?,17?/m1/s1. The van der Waals surface area contributed by atoms with Gasteiger partial charge in [-0.3, -0.25) is 4.90 Å². The van der Waals surface area contributed by atoms with Crippen LogP contribution in [0.15, 0.2) is 12.1 Å². The van der Waals surface area contributed by atoms with Gasteiger partial charge in [-0.25, -0.2) is 17.6 Å². The van der Waals surface area contributed by atoms with Crippen LogP contribution in [0, 0.1) is 34.2 Å².